The van der Waals surface area contributed by atoms with Crippen LogP contribution in [-0.2, 0) is 9.53 Å². The van der Waals surface area contributed by atoms with Crippen LogP contribution in [-0.4, -0.2) is 62.8 Å². The summed E-state index contributed by atoms with van der Waals surface area (Å²) in [5.74, 6) is 0.634. The Labute approximate surface area is 116 Å². The molecule has 0 bridgehead atoms. The maximum atomic E-state index is 12.0. The number of methoxy groups -OCH3 is 1. The second-order valence-corrected chi connectivity index (χ2v) is 5.91. The molecule has 0 radical (unpaired) electrons. The molecule has 3 unspecified atom stereocenters. The standard InChI is InChI=1S/C14H27N3O2/c1-11(10-17-5-3-4-6-17)8-16-14(18)13-7-12(19-2)9-15-13/h11-13,15H,3-10H2,1-2H3,(H,16,18). The Balaban J connectivity index is 1.62. The zero-order valence-corrected chi connectivity index (χ0v) is 12.2. The molecule has 2 N–H and O–H groups in total. The Morgan fingerprint density at radius 1 is 1.47 bits per heavy atom. The third kappa shape index (κ3) is 4.44. The molecule has 0 aromatic heterocycles. The second kappa shape index (κ2) is 7.22. The van der Waals surface area contributed by atoms with Crippen molar-refractivity contribution in [3.05, 3.63) is 0 Å². The molecule has 0 saturated carbocycles. The maximum Gasteiger partial charge on any atom is 0.237 e. The second-order valence-electron chi connectivity index (χ2n) is 5.91. The van der Waals surface area contributed by atoms with E-state index in [0.29, 0.717) is 5.92 Å². The van der Waals surface area contributed by atoms with Crippen LogP contribution in [0.25, 0.3) is 0 Å². The molecule has 2 aliphatic rings. The summed E-state index contributed by atoms with van der Waals surface area (Å²) in [5, 5.41) is 6.27. The lowest BCUT2D eigenvalue weighted by molar-refractivity contribution is -0.123. The van der Waals surface area contributed by atoms with Crippen LogP contribution in [0.4, 0.5) is 0 Å². The first-order valence-electron chi connectivity index (χ1n) is 7.45. The lowest BCUT2D eigenvalue weighted by Gasteiger charge is -2.21. The fraction of sp³-hybridized carbons (Fsp3) is 0.929. The number of likely N-dealkylation sites (tertiary alicyclic amines) is 1. The molecule has 0 aromatic carbocycles. The van der Waals surface area contributed by atoms with Gasteiger partial charge in [-0.2, -0.15) is 0 Å². The SMILES string of the molecule is COC1CNC(C(=O)NCC(C)CN2CCCC2)C1. The van der Waals surface area contributed by atoms with Crippen molar-refractivity contribution in [3.63, 3.8) is 0 Å². The number of carbonyl (C=O) groups excluding carboxylic acids is 1. The van der Waals surface area contributed by atoms with Crippen molar-refractivity contribution in [2.75, 3.05) is 39.8 Å². The zero-order valence-electron chi connectivity index (χ0n) is 12.2. The van der Waals surface area contributed by atoms with Gasteiger partial charge in [-0.25, -0.2) is 0 Å². The van der Waals surface area contributed by atoms with E-state index in [-0.39, 0.29) is 18.1 Å². The number of amides is 1. The zero-order chi connectivity index (χ0) is 13.7. The van der Waals surface area contributed by atoms with Gasteiger partial charge >= 0.3 is 0 Å². The third-order valence-electron chi connectivity index (χ3n) is 4.13. The van der Waals surface area contributed by atoms with Gasteiger partial charge in [0.1, 0.15) is 0 Å². The van der Waals surface area contributed by atoms with Crippen LogP contribution in [0.5, 0.6) is 0 Å². The van der Waals surface area contributed by atoms with Crippen LogP contribution >= 0.6 is 0 Å². The molecular formula is C14H27N3O2. The van der Waals surface area contributed by atoms with Gasteiger partial charge < -0.3 is 20.3 Å². The van der Waals surface area contributed by atoms with Gasteiger partial charge in [-0.3, -0.25) is 4.79 Å². The maximum absolute atomic E-state index is 12.0. The highest BCUT2D eigenvalue weighted by Crippen LogP contribution is 2.11. The number of carbonyl (C=O) groups is 1. The summed E-state index contributed by atoms with van der Waals surface area (Å²) in [7, 11) is 1.70. The number of rotatable bonds is 6. The van der Waals surface area contributed by atoms with Gasteiger partial charge in [0.15, 0.2) is 0 Å². The molecule has 110 valence electrons. The average Bonchev–Trinajstić information content (AvgIpc) is 3.06. The summed E-state index contributed by atoms with van der Waals surface area (Å²) < 4.78 is 5.26. The van der Waals surface area contributed by atoms with E-state index in [9.17, 15) is 4.79 Å². The molecule has 1 amide bonds. The number of hydrogen-bond donors (Lipinski definition) is 2. The Morgan fingerprint density at radius 3 is 2.84 bits per heavy atom. The molecule has 0 aliphatic carbocycles. The quantitative estimate of drug-likeness (QED) is 0.724. The number of nitrogens with zero attached hydrogens (tertiary/aromatic N) is 1. The van der Waals surface area contributed by atoms with Crippen LogP contribution in [0, 0.1) is 5.92 Å². The van der Waals surface area contributed by atoms with Crippen molar-refractivity contribution in [3.8, 4) is 0 Å². The monoisotopic (exact) mass is 269 g/mol. The first-order valence-corrected chi connectivity index (χ1v) is 7.45. The van der Waals surface area contributed by atoms with Crippen LogP contribution < -0.4 is 10.6 Å². The van der Waals surface area contributed by atoms with Crippen molar-refractivity contribution in [1.82, 2.24) is 15.5 Å². The molecule has 2 aliphatic heterocycles. The van der Waals surface area contributed by atoms with E-state index in [1.165, 1.54) is 25.9 Å². The lowest BCUT2D eigenvalue weighted by Crippen LogP contribution is -2.43. The first kappa shape index (κ1) is 14.8. The van der Waals surface area contributed by atoms with Crippen LogP contribution in [0.1, 0.15) is 26.2 Å². The van der Waals surface area contributed by atoms with Crippen molar-refractivity contribution in [2.24, 2.45) is 5.92 Å². The molecule has 19 heavy (non-hydrogen) atoms. The van der Waals surface area contributed by atoms with E-state index in [1.807, 2.05) is 0 Å². The Hall–Kier alpha value is -0.650. The highest BCUT2D eigenvalue weighted by Gasteiger charge is 2.29. The smallest absolute Gasteiger partial charge is 0.237 e. The molecule has 0 spiro atoms. The van der Waals surface area contributed by atoms with E-state index >= 15 is 0 Å². The number of ether oxygens (including phenoxy) is 1. The third-order valence-corrected chi connectivity index (χ3v) is 4.13. The van der Waals surface area contributed by atoms with Crippen LogP contribution in [0.3, 0.4) is 0 Å². The van der Waals surface area contributed by atoms with Crippen molar-refractivity contribution < 1.29 is 9.53 Å². The summed E-state index contributed by atoms with van der Waals surface area (Å²) >= 11 is 0. The molecule has 5 nitrogen and oxygen atoms in total. The average molecular weight is 269 g/mol. The van der Waals surface area contributed by atoms with Crippen molar-refractivity contribution >= 4 is 5.91 Å². The molecule has 2 heterocycles. The van der Waals surface area contributed by atoms with Gasteiger partial charge in [0.25, 0.3) is 0 Å². The minimum atomic E-state index is -0.0797. The molecular weight excluding hydrogens is 242 g/mol. The van der Waals surface area contributed by atoms with E-state index in [1.54, 1.807) is 7.11 Å². The Bertz CT molecular complexity index is 292. The summed E-state index contributed by atoms with van der Waals surface area (Å²) in [5.41, 5.74) is 0. The molecule has 0 aromatic rings. The number of hydrogen-bond acceptors (Lipinski definition) is 4. The van der Waals surface area contributed by atoms with Gasteiger partial charge in [0, 0.05) is 26.7 Å². The van der Waals surface area contributed by atoms with Crippen LogP contribution in [0.15, 0.2) is 0 Å². The predicted molar refractivity (Wildman–Crippen MR) is 75.1 cm³/mol. The molecule has 2 saturated heterocycles. The van der Waals surface area contributed by atoms with Crippen molar-refractivity contribution in [1.29, 1.82) is 0 Å². The highest BCUT2D eigenvalue weighted by atomic mass is 16.5. The van der Waals surface area contributed by atoms with E-state index < -0.39 is 0 Å². The van der Waals surface area contributed by atoms with Crippen LogP contribution in [0.2, 0.25) is 0 Å². The summed E-state index contributed by atoms with van der Waals surface area (Å²) in [6.45, 7) is 7.29. The van der Waals surface area contributed by atoms with Gasteiger partial charge in [0.2, 0.25) is 5.91 Å². The summed E-state index contributed by atoms with van der Waals surface area (Å²) in [4.78, 5) is 14.5. The fourth-order valence-corrected chi connectivity index (χ4v) is 2.95. The van der Waals surface area contributed by atoms with E-state index in [2.05, 4.69) is 22.5 Å². The fourth-order valence-electron chi connectivity index (χ4n) is 2.95. The first-order chi connectivity index (χ1) is 9.19. The largest absolute Gasteiger partial charge is 0.380 e. The highest BCUT2D eigenvalue weighted by molar-refractivity contribution is 5.82. The molecule has 3 atom stereocenters. The van der Waals surface area contributed by atoms with E-state index in [0.717, 1.165) is 26.1 Å². The predicted octanol–water partition coefficient (Wildman–Crippen LogP) is 0.211. The van der Waals surface area contributed by atoms with E-state index in [4.69, 9.17) is 4.74 Å². The minimum Gasteiger partial charge on any atom is -0.380 e. The Morgan fingerprint density at radius 2 is 2.21 bits per heavy atom. The number of nitrogens with one attached hydrogen (secondary N) is 2. The van der Waals surface area contributed by atoms with Gasteiger partial charge in [-0.1, -0.05) is 6.92 Å². The topological polar surface area (TPSA) is 53.6 Å². The van der Waals surface area contributed by atoms with Gasteiger partial charge in [0.05, 0.1) is 12.1 Å². The van der Waals surface area contributed by atoms with Crippen molar-refractivity contribution in [2.45, 2.75) is 38.3 Å². The summed E-state index contributed by atoms with van der Waals surface area (Å²) in [6.07, 6.45) is 3.60. The summed E-state index contributed by atoms with van der Waals surface area (Å²) in [6, 6.07) is -0.0797. The lowest BCUT2D eigenvalue weighted by atomic mass is 10.1. The minimum absolute atomic E-state index is 0.0797. The molecule has 5 heteroatoms. The Kier molecular flexibility index (Phi) is 5.60. The molecule has 2 fully saturated rings. The molecule has 2 rings (SSSR count). The van der Waals surface area contributed by atoms with Gasteiger partial charge in [-0.05, 0) is 38.3 Å². The normalized spacial score (nSPS) is 29.6. The van der Waals surface area contributed by atoms with Gasteiger partial charge in [-0.15, -0.1) is 0 Å².